The summed E-state index contributed by atoms with van der Waals surface area (Å²) in [7, 11) is 0. The molecule has 138 valence electrons. The van der Waals surface area contributed by atoms with Gasteiger partial charge in [0.05, 0.1) is 11.9 Å². The van der Waals surface area contributed by atoms with Crippen LogP contribution in [0.4, 0.5) is 0 Å². The molecule has 1 aliphatic heterocycles. The summed E-state index contributed by atoms with van der Waals surface area (Å²) in [6, 6.07) is 15.7. The minimum Gasteiger partial charge on any atom is -0.486 e. The molecule has 3 aromatic rings. The van der Waals surface area contributed by atoms with Crippen LogP contribution in [-0.2, 0) is 17.8 Å². The summed E-state index contributed by atoms with van der Waals surface area (Å²) in [6.45, 7) is 1.60. The van der Waals surface area contributed by atoms with Crippen LogP contribution in [0.3, 0.4) is 0 Å². The van der Waals surface area contributed by atoms with Crippen LogP contribution in [0, 0.1) is 0 Å². The number of aromatic nitrogens is 2. The van der Waals surface area contributed by atoms with E-state index in [0.717, 1.165) is 28.3 Å². The number of carbonyl (C=O) groups excluding carboxylic acids is 1. The Kier molecular flexibility index (Phi) is 5.05. The zero-order valence-corrected chi connectivity index (χ0v) is 14.9. The molecule has 4 rings (SSSR count). The lowest BCUT2D eigenvalue weighted by Gasteiger charge is -2.18. The van der Waals surface area contributed by atoms with Gasteiger partial charge in [0.1, 0.15) is 13.2 Å². The minimum atomic E-state index is 0.0114. The van der Waals surface area contributed by atoms with E-state index in [-0.39, 0.29) is 5.91 Å². The van der Waals surface area contributed by atoms with Gasteiger partial charge in [0.2, 0.25) is 5.91 Å². The predicted octanol–water partition coefficient (Wildman–Crippen LogP) is 2.89. The maximum absolute atomic E-state index is 12.2. The van der Waals surface area contributed by atoms with Crippen molar-refractivity contribution in [2.24, 2.45) is 0 Å². The highest BCUT2D eigenvalue weighted by Crippen LogP contribution is 2.30. The van der Waals surface area contributed by atoms with Crippen LogP contribution < -0.4 is 14.8 Å². The molecule has 0 atom stereocenters. The van der Waals surface area contributed by atoms with Gasteiger partial charge in [-0.2, -0.15) is 5.10 Å². The first-order valence-corrected chi connectivity index (χ1v) is 9.02. The van der Waals surface area contributed by atoms with Gasteiger partial charge in [-0.15, -0.1) is 0 Å². The van der Waals surface area contributed by atoms with Crippen molar-refractivity contribution in [3.05, 3.63) is 72.1 Å². The van der Waals surface area contributed by atoms with Gasteiger partial charge in [-0.1, -0.05) is 24.3 Å². The van der Waals surface area contributed by atoms with Crippen molar-refractivity contribution < 1.29 is 14.3 Å². The molecule has 1 N–H and O–H groups in total. The van der Waals surface area contributed by atoms with Crippen LogP contribution in [0.2, 0.25) is 0 Å². The molecule has 0 aliphatic carbocycles. The monoisotopic (exact) mass is 363 g/mol. The molecule has 0 unspecified atom stereocenters. The molecule has 2 heterocycles. The highest BCUT2D eigenvalue weighted by atomic mass is 16.6. The van der Waals surface area contributed by atoms with Crippen LogP contribution in [0.25, 0.3) is 5.69 Å². The molecule has 2 aromatic carbocycles. The third-order valence-corrected chi connectivity index (χ3v) is 4.39. The Balaban J connectivity index is 1.27. The van der Waals surface area contributed by atoms with Gasteiger partial charge in [0.15, 0.2) is 11.5 Å². The first-order chi connectivity index (χ1) is 13.3. The lowest BCUT2D eigenvalue weighted by atomic mass is 10.1. The quantitative estimate of drug-likeness (QED) is 0.731. The number of ether oxygens (including phenoxy) is 2. The molecule has 1 aliphatic rings. The van der Waals surface area contributed by atoms with Gasteiger partial charge in [0, 0.05) is 19.2 Å². The van der Waals surface area contributed by atoms with Crippen molar-refractivity contribution in [2.75, 3.05) is 13.2 Å². The predicted molar refractivity (Wildman–Crippen MR) is 101 cm³/mol. The Bertz CT molecular complexity index is 921. The van der Waals surface area contributed by atoms with Crippen LogP contribution in [0.1, 0.15) is 17.5 Å². The molecule has 0 bridgehead atoms. The average molecular weight is 363 g/mol. The van der Waals surface area contributed by atoms with Crippen LogP contribution >= 0.6 is 0 Å². The van der Waals surface area contributed by atoms with E-state index in [2.05, 4.69) is 10.4 Å². The highest BCUT2D eigenvalue weighted by molar-refractivity contribution is 5.76. The smallest absolute Gasteiger partial charge is 0.220 e. The first-order valence-electron chi connectivity index (χ1n) is 9.02. The number of amides is 1. The van der Waals surface area contributed by atoms with Crippen molar-refractivity contribution in [2.45, 2.75) is 19.4 Å². The Morgan fingerprint density at radius 3 is 2.70 bits per heavy atom. The maximum atomic E-state index is 12.2. The molecule has 6 nitrogen and oxygen atoms in total. The zero-order valence-electron chi connectivity index (χ0n) is 14.9. The molecule has 6 heteroatoms. The lowest BCUT2D eigenvalue weighted by molar-refractivity contribution is -0.121. The SMILES string of the molecule is O=C(CCc1cnn(-c2ccccc2)c1)NCc1ccc2c(c1)OCCO2. The van der Waals surface area contributed by atoms with E-state index in [9.17, 15) is 4.79 Å². The summed E-state index contributed by atoms with van der Waals surface area (Å²) in [5.74, 6) is 1.51. The number of nitrogens with zero attached hydrogens (tertiary/aromatic N) is 2. The van der Waals surface area contributed by atoms with E-state index in [1.54, 1.807) is 6.20 Å². The number of nitrogens with one attached hydrogen (secondary N) is 1. The second-order valence-corrected chi connectivity index (χ2v) is 6.38. The summed E-state index contributed by atoms with van der Waals surface area (Å²) >= 11 is 0. The third kappa shape index (κ3) is 4.28. The fraction of sp³-hybridized carbons (Fsp3) is 0.238. The largest absolute Gasteiger partial charge is 0.486 e. The highest BCUT2D eigenvalue weighted by Gasteiger charge is 2.12. The minimum absolute atomic E-state index is 0.0114. The number of aryl methyl sites for hydroxylation is 1. The molecule has 0 saturated carbocycles. The number of benzene rings is 2. The molecule has 0 fully saturated rings. The maximum Gasteiger partial charge on any atom is 0.220 e. The van der Waals surface area contributed by atoms with Crippen molar-refractivity contribution >= 4 is 5.91 Å². The Morgan fingerprint density at radius 2 is 1.85 bits per heavy atom. The van der Waals surface area contributed by atoms with Crippen molar-refractivity contribution in [3.8, 4) is 17.2 Å². The molecule has 1 amide bonds. The Labute approximate surface area is 157 Å². The molecular formula is C21H21N3O3. The van der Waals surface area contributed by atoms with Crippen LogP contribution in [0.5, 0.6) is 11.5 Å². The molecule has 0 spiro atoms. The topological polar surface area (TPSA) is 65.4 Å². The summed E-state index contributed by atoms with van der Waals surface area (Å²) in [5, 5.41) is 7.31. The first kappa shape index (κ1) is 17.1. The number of hydrogen-bond acceptors (Lipinski definition) is 4. The standard InChI is InChI=1S/C21H21N3O3/c25-21(22-13-16-6-8-19-20(12-16)27-11-10-26-19)9-7-17-14-23-24(15-17)18-4-2-1-3-5-18/h1-6,8,12,14-15H,7,9-11,13H2,(H,22,25). The van der Waals surface area contributed by atoms with E-state index in [0.29, 0.717) is 32.6 Å². The van der Waals surface area contributed by atoms with E-state index >= 15 is 0 Å². The van der Waals surface area contributed by atoms with Crippen LogP contribution in [0.15, 0.2) is 60.9 Å². The van der Waals surface area contributed by atoms with E-state index in [1.165, 1.54) is 0 Å². The summed E-state index contributed by atoms with van der Waals surface area (Å²) in [4.78, 5) is 12.2. The van der Waals surface area contributed by atoms with Gasteiger partial charge < -0.3 is 14.8 Å². The normalized spacial score (nSPS) is 12.6. The van der Waals surface area contributed by atoms with Gasteiger partial charge in [-0.25, -0.2) is 4.68 Å². The number of rotatable bonds is 6. The zero-order chi connectivity index (χ0) is 18.5. The molecule has 27 heavy (non-hydrogen) atoms. The lowest BCUT2D eigenvalue weighted by Crippen LogP contribution is -2.23. The van der Waals surface area contributed by atoms with Gasteiger partial charge in [-0.3, -0.25) is 4.79 Å². The Hall–Kier alpha value is -3.28. The van der Waals surface area contributed by atoms with Crippen LogP contribution in [-0.4, -0.2) is 28.9 Å². The number of para-hydroxylation sites is 1. The van der Waals surface area contributed by atoms with Crippen molar-refractivity contribution in [3.63, 3.8) is 0 Å². The average Bonchev–Trinajstić information content (AvgIpc) is 3.20. The van der Waals surface area contributed by atoms with E-state index < -0.39 is 0 Å². The number of fused-ring (bicyclic) bond motifs is 1. The van der Waals surface area contributed by atoms with Gasteiger partial charge >= 0.3 is 0 Å². The number of carbonyl (C=O) groups is 1. The summed E-state index contributed by atoms with van der Waals surface area (Å²) < 4.78 is 12.9. The fourth-order valence-corrected chi connectivity index (χ4v) is 2.96. The Morgan fingerprint density at radius 1 is 1.04 bits per heavy atom. The second kappa shape index (κ2) is 7.95. The van der Waals surface area contributed by atoms with E-state index in [1.807, 2.05) is 59.4 Å². The summed E-state index contributed by atoms with van der Waals surface area (Å²) in [6.07, 6.45) is 4.84. The van der Waals surface area contributed by atoms with Crippen molar-refractivity contribution in [1.29, 1.82) is 0 Å². The van der Waals surface area contributed by atoms with E-state index in [4.69, 9.17) is 9.47 Å². The summed E-state index contributed by atoms with van der Waals surface area (Å²) in [5.41, 5.74) is 3.03. The molecule has 1 aromatic heterocycles. The third-order valence-electron chi connectivity index (χ3n) is 4.39. The molecular weight excluding hydrogens is 342 g/mol. The fourth-order valence-electron chi connectivity index (χ4n) is 2.96. The molecule has 0 radical (unpaired) electrons. The number of hydrogen-bond donors (Lipinski definition) is 1. The van der Waals surface area contributed by atoms with Gasteiger partial charge in [-0.05, 0) is 41.8 Å². The van der Waals surface area contributed by atoms with Gasteiger partial charge in [0.25, 0.3) is 0 Å². The second-order valence-electron chi connectivity index (χ2n) is 6.38. The molecule has 0 saturated heterocycles. The van der Waals surface area contributed by atoms with Crippen molar-refractivity contribution in [1.82, 2.24) is 15.1 Å².